The quantitative estimate of drug-likeness (QED) is 0.400. The van der Waals surface area contributed by atoms with E-state index in [9.17, 15) is 30.8 Å². The molecule has 0 aliphatic carbocycles. The molecule has 7 nitrogen and oxygen atoms in total. The van der Waals surface area contributed by atoms with E-state index in [2.05, 4.69) is 15.6 Å². The number of benzene rings is 1. The van der Waals surface area contributed by atoms with Crippen molar-refractivity contribution in [3.63, 3.8) is 0 Å². The second-order valence-corrected chi connectivity index (χ2v) is 8.92. The van der Waals surface area contributed by atoms with Gasteiger partial charge in [-0.3, -0.25) is 9.52 Å². The lowest BCUT2D eigenvalue weighted by molar-refractivity contribution is -0.141. The Morgan fingerprint density at radius 2 is 1.88 bits per heavy atom. The number of carbonyl (C=O) groups excluding carboxylic acids is 1. The third kappa shape index (κ3) is 7.84. The first kappa shape index (κ1) is 25.1. The molecule has 0 fully saturated rings. The number of nitrogens with one attached hydrogen (secondary N) is 3. The summed E-state index contributed by atoms with van der Waals surface area (Å²) in [6, 6.07) is 5.56. The Balaban J connectivity index is 2.08. The molecule has 32 heavy (non-hydrogen) atoms. The van der Waals surface area contributed by atoms with Crippen LogP contribution in [0.5, 0.6) is 0 Å². The van der Waals surface area contributed by atoms with Crippen LogP contribution >= 0.6 is 0 Å². The van der Waals surface area contributed by atoms with Gasteiger partial charge in [0.2, 0.25) is 15.9 Å². The summed E-state index contributed by atoms with van der Waals surface area (Å²) in [5.41, 5.74) is -0.619. The molecule has 1 heterocycles. The first-order valence-electron chi connectivity index (χ1n) is 9.31. The standard InChI is InChI=1S/C20H22F4N4O3S/c1-12(2)26-19-14(5-8-17(27-19)20(22,23)24)6-9-18(29)25-11-13-4-7-16(15(21)10-13)28-32(3,30)31/h4-10,12,28H,11H2,1-3H3,(H,25,29)(H,26,27)/b9-6+. The molecule has 1 aromatic heterocycles. The maximum absolute atomic E-state index is 14.0. The van der Waals surface area contributed by atoms with Gasteiger partial charge in [-0.25, -0.2) is 17.8 Å². The lowest BCUT2D eigenvalue weighted by atomic mass is 10.2. The Bertz CT molecular complexity index is 1120. The van der Waals surface area contributed by atoms with Crippen molar-refractivity contribution in [2.24, 2.45) is 0 Å². The Kier molecular flexibility index (Phi) is 7.83. The number of hydrogen-bond acceptors (Lipinski definition) is 5. The Morgan fingerprint density at radius 3 is 2.44 bits per heavy atom. The van der Waals surface area contributed by atoms with E-state index in [1.54, 1.807) is 13.8 Å². The van der Waals surface area contributed by atoms with Crippen LogP contribution in [0.1, 0.15) is 30.7 Å². The third-order valence-corrected chi connectivity index (χ3v) is 4.44. The van der Waals surface area contributed by atoms with Gasteiger partial charge < -0.3 is 10.6 Å². The SMILES string of the molecule is CC(C)Nc1nc(C(F)(F)F)ccc1/C=C/C(=O)NCc1ccc(NS(C)(=O)=O)c(F)c1. The zero-order valence-electron chi connectivity index (χ0n) is 17.4. The van der Waals surface area contributed by atoms with Crippen molar-refractivity contribution < 1.29 is 30.8 Å². The molecule has 0 aliphatic rings. The summed E-state index contributed by atoms with van der Waals surface area (Å²) >= 11 is 0. The fourth-order valence-electron chi connectivity index (χ4n) is 2.52. The number of rotatable bonds is 8. The number of nitrogens with zero attached hydrogens (tertiary/aromatic N) is 1. The molecule has 12 heteroatoms. The summed E-state index contributed by atoms with van der Waals surface area (Å²) in [5.74, 6) is -1.40. The van der Waals surface area contributed by atoms with E-state index in [1.807, 2.05) is 4.72 Å². The maximum atomic E-state index is 14.0. The van der Waals surface area contributed by atoms with Gasteiger partial charge in [0.05, 0.1) is 11.9 Å². The summed E-state index contributed by atoms with van der Waals surface area (Å²) in [5, 5.41) is 5.32. The second kappa shape index (κ2) is 9.98. The number of amides is 1. The number of carbonyl (C=O) groups is 1. The van der Waals surface area contributed by atoms with Gasteiger partial charge in [-0.05, 0) is 49.8 Å². The van der Waals surface area contributed by atoms with Crippen LogP contribution in [0.25, 0.3) is 6.08 Å². The number of aromatic nitrogens is 1. The molecule has 0 aliphatic heterocycles. The fraction of sp³-hybridized carbons (Fsp3) is 0.300. The molecular weight excluding hydrogens is 452 g/mol. The molecule has 1 amide bonds. The summed E-state index contributed by atoms with van der Waals surface area (Å²) in [6.07, 6.45) is -1.28. The molecule has 0 saturated heterocycles. The van der Waals surface area contributed by atoms with Crippen molar-refractivity contribution in [2.45, 2.75) is 32.6 Å². The van der Waals surface area contributed by atoms with Crippen LogP contribution in [0.3, 0.4) is 0 Å². The number of halogens is 4. The van der Waals surface area contributed by atoms with Crippen molar-refractivity contribution in [2.75, 3.05) is 16.3 Å². The minimum Gasteiger partial charge on any atom is -0.367 e. The highest BCUT2D eigenvalue weighted by Gasteiger charge is 2.33. The highest BCUT2D eigenvalue weighted by Crippen LogP contribution is 2.30. The molecule has 2 aromatic rings. The molecule has 0 bridgehead atoms. The second-order valence-electron chi connectivity index (χ2n) is 7.17. The van der Waals surface area contributed by atoms with Crippen LogP contribution in [-0.4, -0.2) is 31.6 Å². The van der Waals surface area contributed by atoms with Gasteiger partial charge in [0.1, 0.15) is 17.3 Å². The molecule has 0 atom stereocenters. The molecule has 1 aromatic carbocycles. The van der Waals surface area contributed by atoms with E-state index in [1.165, 1.54) is 24.3 Å². The summed E-state index contributed by atoms with van der Waals surface area (Å²) in [6.45, 7) is 3.41. The summed E-state index contributed by atoms with van der Waals surface area (Å²) < 4.78 is 77.1. The van der Waals surface area contributed by atoms with Gasteiger partial charge in [-0.2, -0.15) is 13.2 Å². The van der Waals surface area contributed by atoms with Crippen LogP contribution in [0, 0.1) is 5.82 Å². The van der Waals surface area contributed by atoms with Crippen molar-refractivity contribution in [1.29, 1.82) is 0 Å². The number of sulfonamides is 1. The van der Waals surface area contributed by atoms with E-state index in [4.69, 9.17) is 0 Å². The van der Waals surface area contributed by atoms with Crippen LogP contribution in [-0.2, 0) is 27.5 Å². The predicted octanol–water partition coefficient (Wildman–Crippen LogP) is 3.76. The molecule has 0 saturated carbocycles. The first-order chi connectivity index (χ1) is 14.7. The molecule has 0 spiro atoms. The maximum Gasteiger partial charge on any atom is 0.433 e. The van der Waals surface area contributed by atoms with Crippen molar-refractivity contribution in [1.82, 2.24) is 10.3 Å². The van der Waals surface area contributed by atoms with Gasteiger partial charge in [0, 0.05) is 24.2 Å². The van der Waals surface area contributed by atoms with Gasteiger partial charge in [-0.1, -0.05) is 6.07 Å². The summed E-state index contributed by atoms with van der Waals surface area (Å²) in [7, 11) is -3.64. The number of pyridine rings is 1. The Hall–Kier alpha value is -3.15. The largest absolute Gasteiger partial charge is 0.433 e. The average Bonchev–Trinajstić information content (AvgIpc) is 2.65. The lowest BCUT2D eigenvalue weighted by Gasteiger charge is -2.14. The van der Waals surface area contributed by atoms with Gasteiger partial charge in [0.25, 0.3) is 0 Å². The summed E-state index contributed by atoms with van der Waals surface area (Å²) in [4.78, 5) is 15.7. The molecule has 0 radical (unpaired) electrons. The van der Waals surface area contributed by atoms with E-state index < -0.39 is 33.6 Å². The smallest absolute Gasteiger partial charge is 0.367 e. The van der Waals surface area contributed by atoms with Crippen LogP contribution in [0.15, 0.2) is 36.4 Å². The molecule has 3 N–H and O–H groups in total. The van der Waals surface area contributed by atoms with Crippen molar-refractivity contribution in [3.05, 3.63) is 59.0 Å². The Morgan fingerprint density at radius 1 is 1.19 bits per heavy atom. The number of hydrogen-bond donors (Lipinski definition) is 3. The monoisotopic (exact) mass is 474 g/mol. The van der Waals surface area contributed by atoms with E-state index in [0.717, 1.165) is 24.5 Å². The average molecular weight is 474 g/mol. The van der Waals surface area contributed by atoms with E-state index in [0.29, 0.717) is 5.56 Å². The molecule has 2 rings (SSSR count). The molecule has 0 unspecified atom stereocenters. The van der Waals surface area contributed by atoms with Crippen molar-refractivity contribution in [3.8, 4) is 0 Å². The topological polar surface area (TPSA) is 100 Å². The molecular formula is C20H22F4N4O3S. The van der Waals surface area contributed by atoms with Crippen LogP contribution in [0.2, 0.25) is 0 Å². The number of alkyl halides is 3. The van der Waals surface area contributed by atoms with E-state index >= 15 is 0 Å². The zero-order valence-corrected chi connectivity index (χ0v) is 18.2. The highest BCUT2D eigenvalue weighted by atomic mass is 32.2. The lowest BCUT2D eigenvalue weighted by Crippen LogP contribution is -2.20. The van der Waals surface area contributed by atoms with Gasteiger partial charge in [-0.15, -0.1) is 0 Å². The highest BCUT2D eigenvalue weighted by molar-refractivity contribution is 7.92. The fourth-order valence-corrected chi connectivity index (χ4v) is 3.08. The number of anilines is 2. The van der Waals surface area contributed by atoms with E-state index in [-0.39, 0.29) is 29.7 Å². The normalized spacial score (nSPS) is 12.2. The minimum atomic E-state index is -4.60. The minimum absolute atomic E-state index is 0.0186. The van der Waals surface area contributed by atoms with Crippen molar-refractivity contribution >= 4 is 33.5 Å². The van der Waals surface area contributed by atoms with Crippen LogP contribution < -0.4 is 15.4 Å². The van der Waals surface area contributed by atoms with Gasteiger partial charge in [0.15, 0.2) is 0 Å². The van der Waals surface area contributed by atoms with Gasteiger partial charge >= 0.3 is 6.18 Å². The first-order valence-corrected chi connectivity index (χ1v) is 11.2. The third-order valence-electron chi connectivity index (χ3n) is 3.85. The predicted molar refractivity (Wildman–Crippen MR) is 114 cm³/mol. The zero-order chi connectivity index (χ0) is 24.1. The Labute approximate surface area is 183 Å². The molecule has 174 valence electrons. The van der Waals surface area contributed by atoms with Crippen LogP contribution in [0.4, 0.5) is 29.1 Å².